The van der Waals surface area contributed by atoms with Crippen molar-refractivity contribution in [1.82, 2.24) is 0 Å². The van der Waals surface area contributed by atoms with Crippen molar-refractivity contribution >= 4 is 35.3 Å². The van der Waals surface area contributed by atoms with E-state index in [1.165, 1.54) is 52.3 Å². The highest BCUT2D eigenvalue weighted by Gasteiger charge is 2.52. The van der Waals surface area contributed by atoms with Gasteiger partial charge in [0, 0.05) is 3.57 Å². The van der Waals surface area contributed by atoms with Crippen LogP contribution in [0.25, 0.3) is 5.57 Å². The van der Waals surface area contributed by atoms with E-state index < -0.39 is 0 Å². The third kappa shape index (κ3) is 8.03. The summed E-state index contributed by atoms with van der Waals surface area (Å²) in [5.74, 6) is 0. The molecule has 1 aliphatic heterocycles. The van der Waals surface area contributed by atoms with Crippen LogP contribution in [0.15, 0.2) is 66.2 Å². The Bertz CT molecular complexity index is 1040. The maximum Gasteiger partial charge on any atom is 0.490 e. The molecule has 0 bridgehead atoms. The Kier molecular flexibility index (Phi) is 10.8. The summed E-state index contributed by atoms with van der Waals surface area (Å²) in [6.07, 6.45) is 11.8. The van der Waals surface area contributed by atoms with Crippen LogP contribution in [-0.2, 0) is 22.5 Å². The van der Waals surface area contributed by atoms with E-state index in [0.717, 1.165) is 17.5 Å². The van der Waals surface area contributed by atoms with Crippen LogP contribution in [-0.4, -0.2) is 28.5 Å². The van der Waals surface area contributed by atoms with Crippen LogP contribution >= 0.6 is 22.6 Å². The Morgan fingerprint density at radius 2 is 1.39 bits per heavy atom. The first-order chi connectivity index (χ1) is 17.1. The fourth-order valence-corrected chi connectivity index (χ4v) is 4.95. The number of halogens is 1. The van der Waals surface area contributed by atoms with Crippen molar-refractivity contribution in [2.75, 3.05) is 0 Å². The second-order valence-electron chi connectivity index (χ2n) is 10.5. The van der Waals surface area contributed by atoms with Gasteiger partial charge in [0.05, 0.1) is 24.4 Å². The predicted molar refractivity (Wildman–Crippen MR) is 157 cm³/mol. The Hall–Kier alpha value is -1.45. The zero-order valence-corrected chi connectivity index (χ0v) is 24.3. The molecule has 2 N–H and O–H groups in total. The molecule has 1 saturated heterocycles. The Labute approximate surface area is 231 Å². The second-order valence-corrected chi connectivity index (χ2v) is 11.8. The highest BCUT2D eigenvalue weighted by atomic mass is 127. The van der Waals surface area contributed by atoms with Gasteiger partial charge >= 0.3 is 7.12 Å². The molecule has 2 aliphatic carbocycles. The van der Waals surface area contributed by atoms with Crippen LogP contribution in [0.2, 0.25) is 0 Å². The largest absolute Gasteiger partial charge is 0.490 e. The lowest BCUT2D eigenvalue weighted by atomic mass is 9.78. The first-order valence-electron chi connectivity index (χ1n) is 12.9. The molecule has 1 heterocycles. The van der Waals surface area contributed by atoms with Crippen LogP contribution in [0.3, 0.4) is 0 Å². The van der Waals surface area contributed by atoms with Gasteiger partial charge in [-0.15, -0.1) is 0 Å². The minimum Gasteiger partial charge on any atom is -0.400 e. The number of aliphatic hydroxyl groups excluding tert-OH is 2. The van der Waals surface area contributed by atoms with Crippen LogP contribution in [0, 0.1) is 3.57 Å². The lowest BCUT2D eigenvalue weighted by molar-refractivity contribution is 0.00578. The Morgan fingerprint density at radius 3 is 1.89 bits per heavy atom. The maximum atomic E-state index is 8.99. The summed E-state index contributed by atoms with van der Waals surface area (Å²) < 4.78 is 13.1. The van der Waals surface area contributed by atoms with E-state index >= 15 is 0 Å². The zero-order valence-electron chi connectivity index (χ0n) is 22.1. The minimum atomic E-state index is -0.193. The van der Waals surface area contributed by atoms with Gasteiger partial charge in [-0.25, -0.2) is 0 Å². The molecule has 0 radical (unpaired) electrons. The third-order valence-corrected chi connectivity index (χ3v) is 7.90. The summed E-state index contributed by atoms with van der Waals surface area (Å²) in [5, 5.41) is 17.6. The molecule has 4 nitrogen and oxygen atoms in total. The van der Waals surface area contributed by atoms with E-state index in [0.29, 0.717) is 0 Å². The third-order valence-electron chi connectivity index (χ3n) is 7.23. The summed E-state index contributed by atoms with van der Waals surface area (Å²) in [6, 6.07) is 16.0. The zero-order chi connectivity index (χ0) is 26.2. The molecule has 194 valence electrons. The summed E-state index contributed by atoms with van der Waals surface area (Å²) >= 11 is 2.22. The highest BCUT2D eigenvalue weighted by molar-refractivity contribution is 14.1. The average Bonchev–Trinajstić information content (AvgIpc) is 3.62. The van der Waals surface area contributed by atoms with Gasteiger partial charge in [0.25, 0.3) is 0 Å². The van der Waals surface area contributed by atoms with Gasteiger partial charge in [-0.05, 0) is 135 Å². The molecule has 0 saturated carbocycles. The van der Waals surface area contributed by atoms with Gasteiger partial charge in [-0.1, -0.05) is 42.5 Å². The van der Waals surface area contributed by atoms with Crippen LogP contribution in [0.1, 0.15) is 82.9 Å². The SMILES string of the molecule is CC1(C)OB(C2=CCCC2)OC1(C)C.OCc1cccc(C2=CCCC2)c1.OCc1cccc(I)c1. The summed E-state index contributed by atoms with van der Waals surface area (Å²) in [7, 11) is -0.0949. The van der Waals surface area contributed by atoms with Crippen molar-refractivity contribution in [2.24, 2.45) is 0 Å². The van der Waals surface area contributed by atoms with Gasteiger partial charge in [0.2, 0.25) is 0 Å². The maximum absolute atomic E-state index is 8.99. The number of hydrogen-bond acceptors (Lipinski definition) is 4. The molecule has 0 spiro atoms. The van der Waals surface area contributed by atoms with Gasteiger partial charge in [0.1, 0.15) is 0 Å². The molecule has 0 aromatic heterocycles. The first-order valence-corrected chi connectivity index (χ1v) is 14.0. The smallest absolute Gasteiger partial charge is 0.400 e. The van der Waals surface area contributed by atoms with E-state index in [9.17, 15) is 0 Å². The molecule has 3 aliphatic rings. The summed E-state index contributed by atoms with van der Waals surface area (Å²) in [5.41, 5.74) is 5.65. The Balaban J connectivity index is 0.000000154. The molecule has 0 amide bonds. The minimum absolute atomic E-state index is 0.0949. The standard InChI is InChI=1S/C12H14O.C11H19BO2.C7H7IO/c13-9-10-4-3-7-12(8-10)11-5-1-2-6-11;1-10(2)11(3,4)14-12(13-10)9-7-5-6-8-9;8-7-3-1-2-6(4-7)5-9/h3-5,7-8,13H,1-2,6,9H2;7H,5-6,8H2,1-4H3;1-4,9H,5H2. The molecule has 1 fully saturated rings. The van der Waals surface area contributed by atoms with Gasteiger partial charge in [0.15, 0.2) is 0 Å². The second kappa shape index (κ2) is 13.4. The molecule has 0 unspecified atom stereocenters. The Morgan fingerprint density at radius 1 is 0.806 bits per heavy atom. The van der Waals surface area contributed by atoms with Gasteiger partial charge < -0.3 is 19.5 Å². The molecule has 2 aromatic carbocycles. The number of benzene rings is 2. The lowest BCUT2D eigenvalue weighted by Crippen LogP contribution is -2.41. The molecular weight excluding hydrogens is 562 g/mol. The summed E-state index contributed by atoms with van der Waals surface area (Å²) in [4.78, 5) is 0. The number of hydrogen-bond donors (Lipinski definition) is 2. The van der Waals surface area contributed by atoms with Crippen molar-refractivity contribution in [3.8, 4) is 0 Å². The highest BCUT2D eigenvalue weighted by Crippen LogP contribution is 2.40. The van der Waals surface area contributed by atoms with Crippen LogP contribution in [0.4, 0.5) is 0 Å². The molecular formula is C30H40BIO4. The van der Waals surface area contributed by atoms with Crippen molar-refractivity contribution in [3.05, 3.63) is 86.4 Å². The van der Waals surface area contributed by atoms with Gasteiger partial charge in [-0.2, -0.15) is 0 Å². The van der Waals surface area contributed by atoms with Crippen LogP contribution < -0.4 is 0 Å². The fraction of sp³-hybridized carbons (Fsp3) is 0.467. The molecule has 5 rings (SSSR count). The molecule has 0 atom stereocenters. The lowest BCUT2D eigenvalue weighted by Gasteiger charge is -2.32. The van der Waals surface area contributed by atoms with Crippen molar-refractivity contribution in [3.63, 3.8) is 0 Å². The van der Waals surface area contributed by atoms with Crippen molar-refractivity contribution in [1.29, 1.82) is 0 Å². The van der Waals surface area contributed by atoms with E-state index in [1.54, 1.807) is 0 Å². The average molecular weight is 602 g/mol. The molecule has 2 aromatic rings. The normalized spacial score (nSPS) is 19.6. The quantitative estimate of drug-likeness (QED) is 0.286. The molecule has 36 heavy (non-hydrogen) atoms. The monoisotopic (exact) mass is 602 g/mol. The summed E-state index contributed by atoms with van der Waals surface area (Å²) in [6.45, 7) is 8.67. The van der Waals surface area contributed by atoms with E-state index in [1.807, 2.05) is 36.4 Å². The molecule has 6 heteroatoms. The van der Waals surface area contributed by atoms with E-state index in [4.69, 9.17) is 19.5 Å². The number of allylic oxidation sites excluding steroid dienone is 4. The topological polar surface area (TPSA) is 58.9 Å². The first kappa shape index (κ1) is 29.1. The van der Waals surface area contributed by atoms with Gasteiger partial charge in [-0.3, -0.25) is 0 Å². The van der Waals surface area contributed by atoms with Crippen LogP contribution in [0.5, 0.6) is 0 Å². The van der Waals surface area contributed by atoms with Crippen molar-refractivity contribution in [2.45, 2.75) is 90.6 Å². The number of aliphatic hydroxyl groups is 2. The predicted octanol–water partition coefficient (Wildman–Crippen LogP) is 7.26. The van der Waals surface area contributed by atoms with E-state index in [-0.39, 0.29) is 31.5 Å². The number of rotatable bonds is 4. The fourth-order valence-electron chi connectivity index (χ4n) is 4.34. The van der Waals surface area contributed by atoms with E-state index in [2.05, 4.69) is 74.6 Å². The van der Waals surface area contributed by atoms with Crippen molar-refractivity contribution < 1.29 is 19.5 Å².